The first-order chi connectivity index (χ1) is 17.3. The molecule has 0 bridgehead atoms. The molecule has 0 fully saturated rings. The molecule has 0 aliphatic rings. The topological polar surface area (TPSA) is 136 Å². The van der Waals surface area contributed by atoms with Gasteiger partial charge in [-0.05, 0) is 31.4 Å². The molecular formula is C26H37N7O3. The lowest BCUT2D eigenvalue weighted by molar-refractivity contribution is -0.122. The number of hydrogen-bond acceptors (Lipinski definition) is 8. The number of aromatic nitrogens is 1. The first kappa shape index (κ1) is 28.6. The minimum atomic E-state index is -0.258. The fourth-order valence-corrected chi connectivity index (χ4v) is 3.28. The molecule has 2 rings (SSSR count). The number of nitrogens with one attached hydrogen (secondary N) is 3. The van der Waals surface area contributed by atoms with Gasteiger partial charge in [-0.2, -0.15) is 5.53 Å². The van der Waals surface area contributed by atoms with Crippen LogP contribution in [0.5, 0.6) is 0 Å². The molecule has 1 amide bonds. The molecule has 0 saturated carbocycles. The Kier molecular flexibility index (Phi) is 11.6. The summed E-state index contributed by atoms with van der Waals surface area (Å²) in [5, 5.41) is 19.6. The molecule has 0 spiro atoms. The van der Waals surface area contributed by atoms with Crippen molar-refractivity contribution in [3.63, 3.8) is 0 Å². The zero-order valence-corrected chi connectivity index (χ0v) is 21.7. The number of carbonyl (C=O) groups excluding carboxylic acids is 1. The highest BCUT2D eigenvalue weighted by Crippen LogP contribution is 2.20. The molecule has 3 unspecified atom stereocenters. The summed E-state index contributed by atoms with van der Waals surface area (Å²) in [7, 11) is 1.49. The van der Waals surface area contributed by atoms with Crippen molar-refractivity contribution in [2.45, 2.75) is 53.2 Å². The Morgan fingerprint density at radius 1 is 1.14 bits per heavy atom. The average Bonchev–Trinajstić information content (AvgIpc) is 2.90. The summed E-state index contributed by atoms with van der Waals surface area (Å²) in [5.74, 6) is 0.00231. The number of benzene rings is 1. The smallest absolute Gasteiger partial charge is 0.228 e. The van der Waals surface area contributed by atoms with Gasteiger partial charge in [0.15, 0.2) is 18.2 Å². The largest absolute Gasteiger partial charge is 0.389 e. The summed E-state index contributed by atoms with van der Waals surface area (Å²) >= 11 is 0. The molecule has 36 heavy (non-hydrogen) atoms. The van der Waals surface area contributed by atoms with Crippen LogP contribution in [0.4, 0.5) is 5.82 Å². The van der Waals surface area contributed by atoms with E-state index in [-0.39, 0.29) is 42.0 Å². The minimum absolute atomic E-state index is 0.0257. The van der Waals surface area contributed by atoms with Gasteiger partial charge in [0.05, 0.1) is 11.8 Å². The van der Waals surface area contributed by atoms with Gasteiger partial charge in [0.25, 0.3) is 0 Å². The molecule has 0 radical (unpaired) electrons. The third-order valence-electron chi connectivity index (χ3n) is 5.99. The average molecular weight is 496 g/mol. The fraction of sp³-hybridized carbons (Fsp3) is 0.462. The van der Waals surface area contributed by atoms with Gasteiger partial charge in [-0.25, -0.2) is 9.99 Å². The van der Waals surface area contributed by atoms with Gasteiger partial charge in [0.2, 0.25) is 5.91 Å². The van der Waals surface area contributed by atoms with Gasteiger partial charge in [0.1, 0.15) is 5.82 Å². The van der Waals surface area contributed by atoms with E-state index in [1.54, 1.807) is 30.3 Å². The highest BCUT2D eigenvalue weighted by atomic mass is 16.6. The van der Waals surface area contributed by atoms with Crippen molar-refractivity contribution in [3.8, 4) is 0 Å². The standard InChI is InChI=1S/C26H37N7O3/c1-6-7-16-35-20(4)18(2)19(3)26(34)30-23-15-11-14-22(29-23)17-36-31-24(25(27)33(5)32-28)21-12-9-8-10-13-21/h8-15,18-20,27-28H,6-7,16-17H2,1-5H3,(H,29,30,34)/b27-25?,31-24-,32-28?. The zero-order valence-electron chi connectivity index (χ0n) is 21.7. The second-order valence-electron chi connectivity index (χ2n) is 8.63. The summed E-state index contributed by atoms with van der Waals surface area (Å²) in [4.78, 5) is 22.8. The molecule has 0 saturated heterocycles. The van der Waals surface area contributed by atoms with E-state index in [9.17, 15) is 4.79 Å². The van der Waals surface area contributed by atoms with Crippen LogP contribution in [0.2, 0.25) is 0 Å². The van der Waals surface area contributed by atoms with Crippen molar-refractivity contribution in [3.05, 3.63) is 59.8 Å². The van der Waals surface area contributed by atoms with Gasteiger partial charge >= 0.3 is 0 Å². The normalized spacial score (nSPS) is 13.9. The second-order valence-corrected chi connectivity index (χ2v) is 8.63. The fourth-order valence-electron chi connectivity index (χ4n) is 3.28. The number of amides is 1. The number of oxime groups is 1. The van der Waals surface area contributed by atoms with E-state index < -0.39 is 0 Å². The van der Waals surface area contributed by atoms with Gasteiger partial charge in [-0.15, -0.1) is 0 Å². The molecular weight excluding hydrogens is 458 g/mol. The zero-order chi connectivity index (χ0) is 26.5. The van der Waals surface area contributed by atoms with E-state index >= 15 is 0 Å². The molecule has 10 heteroatoms. The number of pyridine rings is 1. The number of hydrogen-bond donors (Lipinski definition) is 3. The van der Waals surface area contributed by atoms with E-state index in [0.717, 1.165) is 17.9 Å². The Bertz CT molecular complexity index is 1030. The first-order valence-electron chi connectivity index (χ1n) is 12.1. The number of likely N-dealkylation sites (N-methyl/N-ethyl adjacent to an activating group) is 1. The molecule has 2 aromatic rings. The Morgan fingerprint density at radius 3 is 2.53 bits per heavy atom. The van der Waals surface area contributed by atoms with Gasteiger partial charge in [-0.3, -0.25) is 10.2 Å². The third kappa shape index (κ3) is 8.53. The summed E-state index contributed by atoms with van der Waals surface area (Å²) in [5.41, 5.74) is 8.62. The van der Waals surface area contributed by atoms with Crippen LogP contribution in [-0.2, 0) is 21.0 Å². The SMILES string of the molecule is CCCCOC(C)C(C)C(C)C(=O)Nc1cccc(CO/N=C(\C(=N)N(C)N=N)c2ccccc2)n1. The lowest BCUT2D eigenvalue weighted by Crippen LogP contribution is -2.33. The van der Waals surface area contributed by atoms with E-state index in [4.69, 9.17) is 20.5 Å². The molecule has 10 nitrogen and oxygen atoms in total. The molecule has 1 aromatic heterocycles. The molecule has 0 aliphatic carbocycles. The van der Waals surface area contributed by atoms with Crippen molar-refractivity contribution in [2.75, 3.05) is 19.0 Å². The predicted molar refractivity (Wildman–Crippen MR) is 140 cm³/mol. The summed E-state index contributed by atoms with van der Waals surface area (Å²) in [6.45, 7) is 8.75. The first-order valence-corrected chi connectivity index (χ1v) is 12.1. The van der Waals surface area contributed by atoms with Crippen LogP contribution in [0, 0.1) is 22.8 Å². The van der Waals surface area contributed by atoms with Gasteiger partial charge < -0.3 is 14.9 Å². The van der Waals surface area contributed by atoms with Crippen molar-refractivity contribution < 1.29 is 14.4 Å². The van der Waals surface area contributed by atoms with Crippen LogP contribution >= 0.6 is 0 Å². The maximum absolute atomic E-state index is 12.8. The van der Waals surface area contributed by atoms with E-state index in [0.29, 0.717) is 23.7 Å². The Morgan fingerprint density at radius 2 is 1.86 bits per heavy atom. The number of rotatable bonds is 14. The quantitative estimate of drug-likeness (QED) is 0.108. The van der Waals surface area contributed by atoms with Crippen molar-refractivity contribution >= 4 is 23.3 Å². The number of ether oxygens (including phenoxy) is 1. The molecule has 3 atom stereocenters. The van der Waals surface area contributed by atoms with Crippen molar-refractivity contribution in [1.29, 1.82) is 10.9 Å². The Hall–Kier alpha value is -3.66. The van der Waals surface area contributed by atoms with Crippen LogP contribution in [0.3, 0.4) is 0 Å². The molecule has 0 aliphatic heterocycles. The van der Waals surface area contributed by atoms with E-state index in [1.165, 1.54) is 7.05 Å². The Balaban J connectivity index is 2.03. The molecule has 1 aromatic carbocycles. The second kappa shape index (κ2) is 14.7. The maximum Gasteiger partial charge on any atom is 0.228 e. The lowest BCUT2D eigenvalue weighted by atomic mass is 9.90. The van der Waals surface area contributed by atoms with Crippen molar-refractivity contribution in [2.24, 2.45) is 22.2 Å². The predicted octanol–water partition coefficient (Wildman–Crippen LogP) is 5.27. The van der Waals surface area contributed by atoms with Crippen LogP contribution in [0.15, 0.2) is 58.9 Å². The number of unbranched alkanes of at least 4 members (excludes halogenated alkanes) is 1. The van der Waals surface area contributed by atoms with Crippen LogP contribution in [0.1, 0.15) is 51.8 Å². The number of amidine groups is 1. The van der Waals surface area contributed by atoms with Crippen molar-refractivity contribution in [1.82, 2.24) is 9.99 Å². The summed E-state index contributed by atoms with van der Waals surface area (Å²) in [6.07, 6.45) is 2.05. The monoisotopic (exact) mass is 495 g/mol. The van der Waals surface area contributed by atoms with Crippen LogP contribution < -0.4 is 5.32 Å². The lowest BCUT2D eigenvalue weighted by Gasteiger charge is -2.25. The molecule has 194 valence electrons. The maximum atomic E-state index is 12.8. The summed E-state index contributed by atoms with van der Waals surface area (Å²) < 4.78 is 5.86. The molecule has 3 N–H and O–H groups in total. The Labute approximate surface area is 213 Å². The van der Waals surface area contributed by atoms with Crippen LogP contribution in [0.25, 0.3) is 0 Å². The van der Waals surface area contributed by atoms with E-state index in [1.807, 2.05) is 39.0 Å². The highest BCUT2D eigenvalue weighted by molar-refractivity contribution is 6.46. The third-order valence-corrected chi connectivity index (χ3v) is 5.99. The summed E-state index contributed by atoms with van der Waals surface area (Å²) in [6, 6.07) is 14.4. The van der Waals surface area contributed by atoms with Gasteiger partial charge in [-0.1, -0.05) is 74.0 Å². The number of carbonyl (C=O) groups is 1. The highest BCUT2D eigenvalue weighted by Gasteiger charge is 2.26. The number of nitrogens with zero attached hydrogens (tertiary/aromatic N) is 4. The number of anilines is 1. The van der Waals surface area contributed by atoms with E-state index in [2.05, 4.69) is 27.6 Å². The molecule has 1 heterocycles. The minimum Gasteiger partial charge on any atom is -0.389 e. The van der Waals surface area contributed by atoms with Gasteiger partial charge in [0, 0.05) is 25.1 Å². The van der Waals surface area contributed by atoms with Crippen LogP contribution in [-0.4, -0.2) is 47.2 Å².